The molecule has 2 rings (SSSR count). The van der Waals surface area contributed by atoms with E-state index in [2.05, 4.69) is 9.71 Å². The van der Waals surface area contributed by atoms with Crippen molar-refractivity contribution in [3.8, 4) is 0 Å². The molecule has 0 saturated carbocycles. The Kier molecular flexibility index (Phi) is 5.03. The molecule has 0 aliphatic heterocycles. The summed E-state index contributed by atoms with van der Waals surface area (Å²) in [6, 6.07) is 5.38. The molecule has 7 heteroatoms. The van der Waals surface area contributed by atoms with Gasteiger partial charge in [-0.2, -0.15) is 0 Å². The zero-order valence-electron chi connectivity index (χ0n) is 14.5. The predicted molar refractivity (Wildman–Crippen MR) is 92.9 cm³/mol. The Bertz CT molecular complexity index is 882. The fourth-order valence-corrected chi connectivity index (χ4v) is 4.17. The normalized spacial score (nSPS) is 11.4. The van der Waals surface area contributed by atoms with Crippen molar-refractivity contribution in [3.63, 3.8) is 0 Å². The average Bonchev–Trinajstić information content (AvgIpc) is 2.79. The van der Waals surface area contributed by atoms with Gasteiger partial charge in [0.25, 0.3) is 10.0 Å². The number of anilines is 1. The third kappa shape index (κ3) is 3.31. The summed E-state index contributed by atoms with van der Waals surface area (Å²) >= 11 is 0. The highest BCUT2D eigenvalue weighted by Gasteiger charge is 2.30. The Labute approximate surface area is 142 Å². The highest BCUT2D eigenvalue weighted by molar-refractivity contribution is 7.92. The minimum Gasteiger partial charge on any atom is -0.462 e. The number of ether oxygens (including phenoxy) is 1. The van der Waals surface area contributed by atoms with Gasteiger partial charge in [0.05, 0.1) is 12.3 Å². The van der Waals surface area contributed by atoms with E-state index < -0.39 is 16.0 Å². The van der Waals surface area contributed by atoms with Crippen LogP contribution in [0.5, 0.6) is 0 Å². The second-order valence-corrected chi connectivity index (χ2v) is 7.27. The first-order valence-corrected chi connectivity index (χ1v) is 9.12. The van der Waals surface area contributed by atoms with E-state index in [4.69, 9.17) is 4.74 Å². The van der Waals surface area contributed by atoms with E-state index in [0.717, 1.165) is 11.1 Å². The Morgan fingerprint density at radius 2 is 1.83 bits per heavy atom. The molecule has 0 saturated heterocycles. The van der Waals surface area contributed by atoms with E-state index in [9.17, 15) is 13.2 Å². The molecule has 0 fully saturated rings. The number of nitrogens with one attached hydrogen (secondary N) is 2. The van der Waals surface area contributed by atoms with Gasteiger partial charge in [-0.25, -0.2) is 13.2 Å². The molecule has 0 spiro atoms. The molecular formula is C17H22N2O4S. The van der Waals surface area contributed by atoms with Crippen molar-refractivity contribution in [1.82, 2.24) is 4.98 Å². The van der Waals surface area contributed by atoms with Crippen molar-refractivity contribution < 1.29 is 17.9 Å². The Morgan fingerprint density at radius 3 is 2.46 bits per heavy atom. The summed E-state index contributed by atoms with van der Waals surface area (Å²) in [4.78, 5) is 15.0. The summed E-state index contributed by atoms with van der Waals surface area (Å²) in [7, 11) is -3.94. The molecule has 130 valence electrons. The molecule has 0 atom stereocenters. The second kappa shape index (κ2) is 6.68. The molecule has 0 radical (unpaired) electrons. The fraction of sp³-hybridized carbons (Fsp3) is 0.353. The number of carbonyl (C=O) groups excluding carboxylic acids is 1. The topological polar surface area (TPSA) is 88.3 Å². The molecule has 0 aliphatic rings. The van der Waals surface area contributed by atoms with Crippen LogP contribution in [0.15, 0.2) is 23.1 Å². The largest absolute Gasteiger partial charge is 0.462 e. The Hall–Kier alpha value is -2.28. The van der Waals surface area contributed by atoms with E-state index >= 15 is 0 Å². The van der Waals surface area contributed by atoms with Gasteiger partial charge < -0.3 is 9.72 Å². The average molecular weight is 350 g/mol. The van der Waals surface area contributed by atoms with Crippen LogP contribution in [0.25, 0.3) is 0 Å². The number of carbonyl (C=O) groups is 1. The van der Waals surface area contributed by atoms with E-state index in [1.165, 1.54) is 0 Å². The molecule has 1 aromatic heterocycles. The van der Waals surface area contributed by atoms with Gasteiger partial charge in [-0.3, -0.25) is 4.72 Å². The van der Waals surface area contributed by atoms with Crippen LogP contribution in [0.1, 0.15) is 39.8 Å². The van der Waals surface area contributed by atoms with Crippen molar-refractivity contribution >= 4 is 21.7 Å². The lowest BCUT2D eigenvalue weighted by molar-refractivity contribution is 0.0521. The van der Waals surface area contributed by atoms with Crippen LogP contribution in [0.3, 0.4) is 0 Å². The smallest absolute Gasteiger partial charge is 0.341 e. The van der Waals surface area contributed by atoms with Gasteiger partial charge in [0.2, 0.25) is 0 Å². The van der Waals surface area contributed by atoms with Crippen molar-refractivity contribution in [2.75, 3.05) is 11.3 Å². The zero-order valence-corrected chi connectivity index (χ0v) is 15.3. The van der Waals surface area contributed by atoms with Crippen LogP contribution in [-0.4, -0.2) is 26.0 Å². The zero-order chi connectivity index (χ0) is 18.1. The molecule has 0 bridgehead atoms. The number of benzene rings is 1. The highest BCUT2D eigenvalue weighted by atomic mass is 32.2. The summed E-state index contributed by atoms with van der Waals surface area (Å²) in [6.07, 6.45) is 0. The lowest BCUT2D eigenvalue weighted by atomic mass is 10.1. The number of hydrogen-bond donors (Lipinski definition) is 2. The van der Waals surface area contributed by atoms with Gasteiger partial charge in [0.15, 0.2) is 0 Å². The Balaban J connectivity index is 2.54. The van der Waals surface area contributed by atoms with Crippen LogP contribution in [0, 0.1) is 27.7 Å². The molecule has 6 nitrogen and oxygen atoms in total. The number of esters is 1. The molecule has 0 aliphatic carbocycles. The molecule has 2 aromatic rings. The van der Waals surface area contributed by atoms with Crippen LogP contribution in [0.2, 0.25) is 0 Å². The van der Waals surface area contributed by atoms with Crippen molar-refractivity contribution in [2.24, 2.45) is 0 Å². The van der Waals surface area contributed by atoms with Gasteiger partial charge in [0.1, 0.15) is 10.5 Å². The van der Waals surface area contributed by atoms with Crippen LogP contribution >= 0.6 is 0 Å². The standard InChI is InChI=1S/C17H22N2O4S/c1-6-23-17(20)15-12(4)18-13(5)16(15)24(21,22)19-14-9-7-8-10(2)11(14)3/h7-9,18-19H,6H2,1-5H3. The Morgan fingerprint density at radius 1 is 1.17 bits per heavy atom. The van der Waals surface area contributed by atoms with Gasteiger partial charge in [-0.05, 0) is 51.8 Å². The summed E-state index contributed by atoms with van der Waals surface area (Å²) in [5.41, 5.74) is 3.21. The number of hydrogen-bond acceptors (Lipinski definition) is 4. The molecule has 24 heavy (non-hydrogen) atoms. The first kappa shape index (κ1) is 18.1. The molecule has 2 N–H and O–H groups in total. The third-order valence-electron chi connectivity index (χ3n) is 3.91. The maximum Gasteiger partial charge on any atom is 0.341 e. The van der Waals surface area contributed by atoms with E-state index in [1.54, 1.807) is 32.9 Å². The SMILES string of the molecule is CCOC(=O)c1c(C)[nH]c(C)c1S(=O)(=O)Nc1cccc(C)c1C. The maximum absolute atomic E-state index is 12.9. The first-order chi connectivity index (χ1) is 11.2. The van der Waals surface area contributed by atoms with E-state index in [1.807, 2.05) is 19.9 Å². The fourth-order valence-electron chi connectivity index (χ4n) is 2.60. The van der Waals surface area contributed by atoms with Crippen molar-refractivity contribution in [1.29, 1.82) is 0 Å². The summed E-state index contributed by atoms with van der Waals surface area (Å²) in [5.74, 6) is -0.652. The summed E-state index contributed by atoms with van der Waals surface area (Å²) in [5, 5.41) is 0. The van der Waals surface area contributed by atoms with Gasteiger partial charge in [-0.1, -0.05) is 12.1 Å². The lowest BCUT2D eigenvalue weighted by Crippen LogP contribution is -2.18. The van der Waals surface area contributed by atoms with Crippen LogP contribution < -0.4 is 4.72 Å². The first-order valence-electron chi connectivity index (χ1n) is 7.64. The molecule has 0 amide bonds. The lowest BCUT2D eigenvalue weighted by Gasteiger charge is -2.13. The number of aromatic amines is 1. The minimum atomic E-state index is -3.94. The second-order valence-electron chi connectivity index (χ2n) is 5.65. The third-order valence-corrected chi connectivity index (χ3v) is 5.45. The van der Waals surface area contributed by atoms with Crippen LogP contribution in [-0.2, 0) is 14.8 Å². The molecular weight excluding hydrogens is 328 g/mol. The van der Waals surface area contributed by atoms with E-state index in [0.29, 0.717) is 17.1 Å². The quantitative estimate of drug-likeness (QED) is 0.810. The van der Waals surface area contributed by atoms with Gasteiger partial charge in [-0.15, -0.1) is 0 Å². The number of aromatic nitrogens is 1. The maximum atomic E-state index is 12.9. The molecule has 1 heterocycles. The van der Waals surface area contributed by atoms with Crippen molar-refractivity contribution in [3.05, 3.63) is 46.3 Å². The van der Waals surface area contributed by atoms with Crippen molar-refractivity contribution in [2.45, 2.75) is 39.5 Å². The van der Waals surface area contributed by atoms with Crippen LogP contribution in [0.4, 0.5) is 5.69 Å². The highest BCUT2D eigenvalue weighted by Crippen LogP contribution is 2.28. The number of H-pyrrole nitrogens is 1. The number of sulfonamides is 1. The van der Waals surface area contributed by atoms with Gasteiger partial charge >= 0.3 is 5.97 Å². The predicted octanol–water partition coefficient (Wildman–Crippen LogP) is 3.23. The van der Waals surface area contributed by atoms with E-state index in [-0.39, 0.29) is 17.1 Å². The molecule has 1 aromatic carbocycles. The number of aryl methyl sites for hydroxylation is 3. The monoisotopic (exact) mass is 350 g/mol. The minimum absolute atomic E-state index is 0.0483. The molecule has 0 unspecified atom stereocenters. The van der Waals surface area contributed by atoms with Gasteiger partial charge in [0, 0.05) is 11.4 Å². The summed E-state index contributed by atoms with van der Waals surface area (Å²) in [6.45, 7) is 8.86. The number of rotatable bonds is 5. The summed E-state index contributed by atoms with van der Waals surface area (Å²) < 4.78 is 33.4.